The van der Waals surface area contributed by atoms with Crippen LogP contribution in [0, 0.1) is 6.92 Å². The summed E-state index contributed by atoms with van der Waals surface area (Å²) in [4.78, 5) is 14.7. The normalized spacial score (nSPS) is 10.4. The van der Waals surface area contributed by atoms with Crippen molar-refractivity contribution in [2.45, 2.75) is 32.0 Å². The Morgan fingerprint density at radius 1 is 1.71 bits per heavy atom. The number of thioether (sulfide) groups is 1. The van der Waals surface area contributed by atoms with E-state index in [0.717, 1.165) is 23.8 Å². The standard InChI is InChI=1S/C9H14N2O2S/c1-3-4-11-5-7(2)10-9(11)14-6-8(12)13/h5H,3-4,6H2,1-2H3,(H,12,13). The first-order valence-corrected chi connectivity index (χ1v) is 5.50. The van der Waals surface area contributed by atoms with Crippen molar-refractivity contribution in [3.05, 3.63) is 11.9 Å². The van der Waals surface area contributed by atoms with E-state index >= 15 is 0 Å². The zero-order valence-corrected chi connectivity index (χ0v) is 9.17. The first kappa shape index (κ1) is 11.1. The highest BCUT2D eigenvalue weighted by molar-refractivity contribution is 7.99. The number of carbonyl (C=O) groups is 1. The van der Waals surface area contributed by atoms with Gasteiger partial charge in [0.1, 0.15) is 0 Å². The van der Waals surface area contributed by atoms with Gasteiger partial charge in [-0.05, 0) is 13.3 Å². The van der Waals surface area contributed by atoms with Crippen LogP contribution < -0.4 is 0 Å². The maximum atomic E-state index is 10.4. The summed E-state index contributed by atoms with van der Waals surface area (Å²) >= 11 is 1.27. The molecule has 0 aliphatic rings. The number of carboxylic acid groups (broad SMARTS) is 1. The highest BCUT2D eigenvalue weighted by Crippen LogP contribution is 2.17. The molecule has 0 unspecified atom stereocenters. The number of aliphatic carboxylic acids is 1. The molecular weight excluding hydrogens is 200 g/mol. The minimum atomic E-state index is -0.807. The second-order valence-corrected chi connectivity index (χ2v) is 3.98. The minimum absolute atomic E-state index is 0.0696. The Bertz CT molecular complexity index is 323. The molecule has 1 aromatic heterocycles. The molecule has 0 aliphatic carbocycles. The van der Waals surface area contributed by atoms with Crippen LogP contribution in [0.3, 0.4) is 0 Å². The van der Waals surface area contributed by atoms with Crippen LogP contribution in [0.4, 0.5) is 0 Å². The molecule has 0 amide bonds. The van der Waals surface area contributed by atoms with E-state index in [9.17, 15) is 4.79 Å². The summed E-state index contributed by atoms with van der Waals surface area (Å²) in [6, 6.07) is 0. The van der Waals surface area contributed by atoms with E-state index in [0.29, 0.717) is 0 Å². The van der Waals surface area contributed by atoms with Gasteiger partial charge in [-0.2, -0.15) is 0 Å². The number of imidazole rings is 1. The molecule has 0 aromatic carbocycles. The van der Waals surface area contributed by atoms with Crippen molar-refractivity contribution in [2.24, 2.45) is 0 Å². The Morgan fingerprint density at radius 3 is 3.00 bits per heavy atom. The predicted molar refractivity (Wildman–Crippen MR) is 55.6 cm³/mol. The van der Waals surface area contributed by atoms with Crippen molar-refractivity contribution in [3.63, 3.8) is 0 Å². The smallest absolute Gasteiger partial charge is 0.313 e. The third kappa shape index (κ3) is 3.06. The number of aromatic nitrogens is 2. The molecular formula is C9H14N2O2S. The maximum Gasteiger partial charge on any atom is 0.313 e. The zero-order valence-electron chi connectivity index (χ0n) is 8.36. The molecule has 0 spiro atoms. The van der Waals surface area contributed by atoms with Gasteiger partial charge in [0.25, 0.3) is 0 Å². The first-order chi connectivity index (χ1) is 6.63. The Labute approximate surface area is 87.3 Å². The number of hydrogen-bond acceptors (Lipinski definition) is 3. The van der Waals surface area contributed by atoms with E-state index in [1.54, 1.807) is 0 Å². The minimum Gasteiger partial charge on any atom is -0.481 e. The van der Waals surface area contributed by atoms with E-state index in [1.165, 1.54) is 11.8 Å². The van der Waals surface area contributed by atoms with Crippen molar-refractivity contribution in [1.82, 2.24) is 9.55 Å². The summed E-state index contributed by atoms with van der Waals surface area (Å²) in [5.41, 5.74) is 0.936. The molecule has 1 heterocycles. The maximum absolute atomic E-state index is 10.4. The van der Waals surface area contributed by atoms with Crippen LogP contribution in [0.5, 0.6) is 0 Å². The van der Waals surface area contributed by atoms with Crippen LogP contribution in [-0.4, -0.2) is 26.4 Å². The molecule has 1 rings (SSSR count). The molecule has 0 saturated carbocycles. The number of aryl methyl sites for hydroxylation is 2. The summed E-state index contributed by atoms with van der Waals surface area (Å²) in [6.45, 7) is 4.89. The van der Waals surface area contributed by atoms with Crippen molar-refractivity contribution >= 4 is 17.7 Å². The Morgan fingerprint density at radius 2 is 2.43 bits per heavy atom. The molecule has 0 bridgehead atoms. The van der Waals surface area contributed by atoms with Crippen LogP contribution in [0.15, 0.2) is 11.4 Å². The van der Waals surface area contributed by atoms with Crippen LogP contribution in [0.2, 0.25) is 0 Å². The van der Waals surface area contributed by atoms with Crippen molar-refractivity contribution in [2.75, 3.05) is 5.75 Å². The van der Waals surface area contributed by atoms with Crippen molar-refractivity contribution in [3.8, 4) is 0 Å². The Balaban J connectivity index is 2.68. The molecule has 14 heavy (non-hydrogen) atoms. The first-order valence-electron chi connectivity index (χ1n) is 4.52. The average Bonchev–Trinajstić information content (AvgIpc) is 2.44. The second-order valence-electron chi connectivity index (χ2n) is 3.04. The zero-order chi connectivity index (χ0) is 10.6. The van der Waals surface area contributed by atoms with Gasteiger partial charge in [0.2, 0.25) is 0 Å². The van der Waals surface area contributed by atoms with E-state index < -0.39 is 5.97 Å². The lowest BCUT2D eigenvalue weighted by molar-refractivity contribution is -0.133. The summed E-state index contributed by atoms with van der Waals surface area (Å²) in [5, 5.41) is 9.34. The SMILES string of the molecule is CCCn1cc(C)nc1SCC(=O)O. The molecule has 4 nitrogen and oxygen atoms in total. The second kappa shape index (κ2) is 5.05. The lowest BCUT2D eigenvalue weighted by Crippen LogP contribution is -2.02. The van der Waals surface area contributed by atoms with Gasteiger partial charge in [0.15, 0.2) is 5.16 Å². The lowest BCUT2D eigenvalue weighted by atomic mass is 10.5. The third-order valence-electron chi connectivity index (χ3n) is 1.65. The largest absolute Gasteiger partial charge is 0.481 e. The third-order valence-corrected chi connectivity index (χ3v) is 2.62. The molecule has 0 saturated heterocycles. The van der Waals surface area contributed by atoms with E-state index in [2.05, 4.69) is 11.9 Å². The van der Waals surface area contributed by atoms with E-state index in [-0.39, 0.29) is 5.75 Å². The van der Waals surface area contributed by atoms with E-state index in [1.807, 2.05) is 17.7 Å². The number of carboxylic acids is 1. The van der Waals surface area contributed by atoms with Gasteiger partial charge in [-0.1, -0.05) is 18.7 Å². The van der Waals surface area contributed by atoms with Crippen molar-refractivity contribution < 1.29 is 9.90 Å². The van der Waals surface area contributed by atoms with Crippen LogP contribution in [0.25, 0.3) is 0 Å². The van der Waals surface area contributed by atoms with Gasteiger partial charge in [0, 0.05) is 12.7 Å². The number of rotatable bonds is 5. The van der Waals surface area contributed by atoms with Gasteiger partial charge >= 0.3 is 5.97 Å². The molecule has 78 valence electrons. The van der Waals surface area contributed by atoms with Gasteiger partial charge < -0.3 is 9.67 Å². The van der Waals surface area contributed by atoms with Gasteiger partial charge in [-0.3, -0.25) is 4.79 Å². The van der Waals surface area contributed by atoms with Gasteiger partial charge in [-0.15, -0.1) is 0 Å². The molecule has 5 heteroatoms. The molecule has 0 radical (unpaired) electrons. The molecule has 1 N–H and O–H groups in total. The lowest BCUT2D eigenvalue weighted by Gasteiger charge is -2.03. The monoisotopic (exact) mass is 214 g/mol. The highest BCUT2D eigenvalue weighted by atomic mass is 32.2. The summed E-state index contributed by atoms with van der Waals surface area (Å²) in [6.07, 6.45) is 2.98. The molecule has 0 fully saturated rings. The highest BCUT2D eigenvalue weighted by Gasteiger charge is 2.07. The summed E-state index contributed by atoms with van der Waals surface area (Å²) in [5.74, 6) is -0.737. The molecule has 1 aromatic rings. The summed E-state index contributed by atoms with van der Waals surface area (Å²) in [7, 11) is 0. The quantitative estimate of drug-likeness (QED) is 0.759. The Kier molecular flexibility index (Phi) is 4.00. The summed E-state index contributed by atoms with van der Waals surface area (Å²) < 4.78 is 2.00. The van der Waals surface area contributed by atoms with Gasteiger partial charge in [0.05, 0.1) is 11.4 Å². The number of nitrogens with zero attached hydrogens (tertiary/aromatic N) is 2. The average molecular weight is 214 g/mol. The number of hydrogen-bond donors (Lipinski definition) is 1. The Hall–Kier alpha value is -0.970. The van der Waals surface area contributed by atoms with Crippen molar-refractivity contribution in [1.29, 1.82) is 0 Å². The topological polar surface area (TPSA) is 55.1 Å². The fourth-order valence-corrected chi connectivity index (χ4v) is 1.94. The molecule has 0 atom stereocenters. The predicted octanol–water partition coefficient (Wildman–Crippen LogP) is 1.78. The fourth-order valence-electron chi connectivity index (χ4n) is 1.17. The van der Waals surface area contributed by atoms with Crippen LogP contribution >= 0.6 is 11.8 Å². The fraction of sp³-hybridized carbons (Fsp3) is 0.556. The van der Waals surface area contributed by atoms with Crippen LogP contribution in [-0.2, 0) is 11.3 Å². The van der Waals surface area contributed by atoms with Gasteiger partial charge in [-0.25, -0.2) is 4.98 Å². The molecule has 0 aliphatic heterocycles. The van der Waals surface area contributed by atoms with E-state index in [4.69, 9.17) is 5.11 Å². The van der Waals surface area contributed by atoms with Crippen LogP contribution in [0.1, 0.15) is 19.0 Å².